The zero-order valence-corrected chi connectivity index (χ0v) is 11.4. The molecule has 0 aromatic heterocycles. The first kappa shape index (κ1) is 15.3. The fourth-order valence-corrected chi connectivity index (χ4v) is 2.29. The SMILES string of the molecule is CCS(=O)(=O)CCCOc1ccc(N)cc1C(=O)O. The highest BCUT2D eigenvalue weighted by molar-refractivity contribution is 7.91. The van der Waals surface area contributed by atoms with E-state index in [1.807, 2.05) is 0 Å². The van der Waals surface area contributed by atoms with E-state index in [-0.39, 0.29) is 29.4 Å². The summed E-state index contributed by atoms with van der Waals surface area (Å²) in [5.74, 6) is -0.824. The number of benzene rings is 1. The first-order chi connectivity index (χ1) is 8.85. The Hall–Kier alpha value is -1.76. The lowest BCUT2D eigenvalue weighted by Gasteiger charge is -2.09. The maximum absolute atomic E-state index is 11.3. The van der Waals surface area contributed by atoms with E-state index in [0.717, 1.165) is 0 Å². The number of carbonyl (C=O) groups is 1. The number of carboxylic acids is 1. The molecule has 1 aromatic carbocycles. The van der Waals surface area contributed by atoms with Gasteiger partial charge in [0.05, 0.1) is 12.4 Å². The first-order valence-corrected chi connectivity index (χ1v) is 7.64. The van der Waals surface area contributed by atoms with Gasteiger partial charge in [0.2, 0.25) is 0 Å². The van der Waals surface area contributed by atoms with Gasteiger partial charge in [-0.1, -0.05) is 6.92 Å². The zero-order chi connectivity index (χ0) is 14.5. The normalized spacial score (nSPS) is 11.2. The molecule has 0 aliphatic rings. The Morgan fingerprint density at radius 3 is 2.68 bits per heavy atom. The minimum Gasteiger partial charge on any atom is -0.493 e. The van der Waals surface area contributed by atoms with Crippen LogP contribution < -0.4 is 10.5 Å². The molecule has 0 fully saturated rings. The number of sulfone groups is 1. The molecule has 3 N–H and O–H groups in total. The highest BCUT2D eigenvalue weighted by atomic mass is 32.2. The van der Waals surface area contributed by atoms with Gasteiger partial charge in [-0.2, -0.15) is 0 Å². The van der Waals surface area contributed by atoms with E-state index in [1.165, 1.54) is 18.2 Å². The van der Waals surface area contributed by atoms with Crippen LogP contribution in [0.15, 0.2) is 18.2 Å². The molecule has 0 saturated heterocycles. The van der Waals surface area contributed by atoms with Gasteiger partial charge in [0, 0.05) is 11.4 Å². The van der Waals surface area contributed by atoms with Crippen molar-refractivity contribution in [3.8, 4) is 5.75 Å². The molecule has 0 unspecified atom stereocenters. The van der Waals surface area contributed by atoms with Crippen molar-refractivity contribution < 1.29 is 23.1 Å². The topological polar surface area (TPSA) is 107 Å². The molecule has 0 saturated carbocycles. The molecule has 7 heteroatoms. The summed E-state index contributed by atoms with van der Waals surface area (Å²) in [4.78, 5) is 11.0. The third kappa shape index (κ3) is 4.78. The summed E-state index contributed by atoms with van der Waals surface area (Å²) >= 11 is 0. The van der Waals surface area contributed by atoms with E-state index in [9.17, 15) is 13.2 Å². The number of hydrogen-bond donors (Lipinski definition) is 2. The van der Waals surface area contributed by atoms with Gasteiger partial charge in [0.1, 0.15) is 21.2 Å². The van der Waals surface area contributed by atoms with Crippen LogP contribution in [0.3, 0.4) is 0 Å². The van der Waals surface area contributed by atoms with Crippen molar-refractivity contribution in [3.63, 3.8) is 0 Å². The van der Waals surface area contributed by atoms with Crippen molar-refractivity contribution in [2.45, 2.75) is 13.3 Å². The molecular formula is C12H17NO5S. The predicted octanol–water partition coefficient (Wildman–Crippen LogP) is 1.17. The Balaban J connectivity index is 2.61. The van der Waals surface area contributed by atoms with Crippen molar-refractivity contribution in [1.29, 1.82) is 0 Å². The van der Waals surface area contributed by atoms with Gasteiger partial charge >= 0.3 is 5.97 Å². The van der Waals surface area contributed by atoms with Crippen molar-refractivity contribution in [2.24, 2.45) is 0 Å². The predicted molar refractivity (Wildman–Crippen MR) is 72.3 cm³/mol. The minimum absolute atomic E-state index is 0.0286. The van der Waals surface area contributed by atoms with Gasteiger partial charge in [0.25, 0.3) is 0 Å². The van der Waals surface area contributed by atoms with Gasteiger partial charge in [-0.05, 0) is 24.6 Å². The maximum atomic E-state index is 11.3. The third-order valence-corrected chi connectivity index (χ3v) is 4.32. The Bertz CT molecular complexity index is 553. The van der Waals surface area contributed by atoms with Crippen LogP contribution in [0.1, 0.15) is 23.7 Å². The molecule has 0 spiro atoms. The third-order valence-electron chi connectivity index (χ3n) is 2.53. The van der Waals surface area contributed by atoms with Crippen molar-refractivity contribution in [2.75, 3.05) is 23.8 Å². The second kappa shape index (κ2) is 6.42. The number of anilines is 1. The summed E-state index contributed by atoms with van der Waals surface area (Å²) in [5, 5.41) is 8.98. The van der Waals surface area contributed by atoms with Crippen LogP contribution in [0.5, 0.6) is 5.75 Å². The lowest BCUT2D eigenvalue weighted by molar-refractivity contribution is 0.0692. The van der Waals surface area contributed by atoms with Gasteiger partial charge < -0.3 is 15.6 Å². The Labute approximate surface area is 112 Å². The van der Waals surface area contributed by atoms with Crippen LogP contribution in [0, 0.1) is 0 Å². The number of hydrogen-bond acceptors (Lipinski definition) is 5. The standard InChI is InChI=1S/C12H17NO5S/c1-2-19(16,17)7-3-6-18-11-5-4-9(13)8-10(11)12(14)15/h4-5,8H,2-3,6-7,13H2,1H3,(H,14,15). The monoisotopic (exact) mass is 287 g/mol. The number of nitrogens with two attached hydrogens (primary N) is 1. The smallest absolute Gasteiger partial charge is 0.339 e. The van der Waals surface area contributed by atoms with Crippen LogP contribution in [0.4, 0.5) is 5.69 Å². The number of aromatic carboxylic acids is 1. The summed E-state index contributed by atoms with van der Waals surface area (Å²) in [6, 6.07) is 4.30. The Morgan fingerprint density at radius 2 is 2.11 bits per heavy atom. The van der Waals surface area contributed by atoms with Gasteiger partial charge in [-0.3, -0.25) is 0 Å². The van der Waals surface area contributed by atoms with Crippen LogP contribution in [-0.4, -0.2) is 37.6 Å². The van der Waals surface area contributed by atoms with Gasteiger partial charge in [-0.15, -0.1) is 0 Å². The van der Waals surface area contributed by atoms with Crippen molar-refractivity contribution >= 4 is 21.5 Å². The van der Waals surface area contributed by atoms with Crippen LogP contribution in [0.25, 0.3) is 0 Å². The second-order valence-electron chi connectivity index (χ2n) is 4.00. The molecule has 0 bridgehead atoms. The number of nitrogen functional groups attached to an aromatic ring is 1. The Kier molecular flexibility index (Phi) is 5.17. The lowest BCUT2D eigenvalue weighted by atomic mass is 10.2. The first-order valence-electron chi connectivity index (χ1n) is 5.82. The van der Waals surface area contributed by atoms with Crippen molar-refractivity contribution in [3.05, 3.63) is 23.8 Å². The minimum atomic E-state index is -3.02. The summed E-state index contributed by atoms with van der Waals surface area (Å²) < 4.78 is 27.8. The van der Waals surface area contributed by atoms with E-state index in [0.29, 0.717) is 12.1 Å². The molecule has 0 atom stereocenters. The summed E-state index contributed by atoms with van der Waals surface area (Å²) in [5.41, 5.74) is 5.80. The highest BCUT2D eigenvalue weighted by Gasteiger charge is 2.12. The van der Waals surface area contributed by atoms with E-state index < -0.39 is 15.8 Å². The lowest BCUT2D eigenvalue weighted by Crippen LogP contribution is -2.12. The average Bonchev–Trinajstić information content (AvgIpc) is 2.36. The largest absolute Gasteiger partial charge is 0.493 e. The summed E-state index contributed by atoms with van der Waals surface area (Å²) in [6.07, 6.45) is 0.319. The maximum Gasteiger partial charge on any atom is 0.339 e. The van der Waals surface area contributed by atoms with Crippen LogP contribution in [-0.2, 0) is 9.84 Å². The molecule has 6 nitrogen and oxygen atoms in total. The molecule has 106 valence electrons. The summed E-state index contributed by atoms with van der Waals surface area (Å²) in [7, 11) is -3.02. The number of rotatable bonds is 7. The quantitative estimate of drug-likeness (QED) is 0.576. The molecule has 1 aromatic rings. The summed E-state index contributed by atoms with van der Waals surface area (Å²) in [6.45, 7) is 1.72. The van der Waals surface area contributed by atoms with Gasteiger partial charge in [0.15, 0.2) is 0 Å². The Morgan fingerprint density at radius 1 is 1.42 bits per heavy atom. The molecule has 1 rings (SSSR count). The highest BCUT2D eigenvalue weighted by Crippen LogP contribution is 2.21. The van der Waals surface area contributed by atoms with Crippen molar-refractivity contribution in [1.82, 2.24) is 0 Å². The zero-order valence-electron chi connectivity index (χ0n) is 10.6. The van der Waals surface area contributed by atoms with E-state index >= 15 is 0 Å². The fraction of sp³-hybridized carbons (Fsp3) is 0.417. The van der Waals surface area contributed by atoms with Crippen LogP contribution in [0.2, 0.25) is 0 Å². The second-order valence-corrected chi connectivity index (χ2v) is 6.47. The molecule has 0 radical (unpaired) electrons. The number of carboxylic acid groups (broad SMARTS) is 1. The molecule has 19 heavy (non-hydrogen) atoms. The van der Waals surface area contributed by atoms with Crippen LogP contribution >= 0.6 is 0 Å². The molecular weight excluding hydrogens is 270 g/mol. The van der Waals surface area contributed by atoms with Gasteiger partial charge in [-0.25, -0.2) is 13.2 Å². The average molecular weight is 287 g/mol. The molecule has 0 aliphatic heterocycles. The van der Waals surface area contributed by atoms with E-state index in [4.69, 9.17) is 15.6 Å². The van der Waals surface area contributed by atoms with E-state index in [2.05, 4.69) is 0 Å². The molecule has 0 heterocycles. The number of ether oxygens (including phenoxy) is 1. The molecule has 0 aliphatic carbocycles. The van der Waals surface area contributed by atoms with E-state index in [1.54, 1.807) is 6.92 Å². The fourth-order valence-electron chi connectivity index (χ4n) is 1.45. The molecule has 0 amide bonds.